The van der Waals surface area contributed by atoms with E-state index in [1.54, 1.807) is 6.20 Å². The van der Waals surface area contributed by atoms with Gasteiger partial charge in [0, 0.05) is 17.3 Å². The van der Waals surface area contributed by atoms with Crippen LogP contribution in [0.25, 0.3) is 16.5 Å². The molecule has 0 amide bonds. The predicted molar refractivity (Wildman–Crippen MR) is 87.4 cm³/mol. The van der Waals surface area contributed by atoms with Gasteiger partial charge in [-0.05, 0) is 35.3 Å². The van der Waals surface area contributed by atoms with Gasteiger partial charge >= 0.3 is 0 Å². The highest BCUT2D eigenvalue weighted by molar-refractivity contribution is 6.55. The zero-order chi connectivity index (χ0) is 14.1. The summed E-state index contributed by atoms with van der Waals surface area (Å²) in [5, 5.41) is 1.03. The monoisotopic (exact) mass is 261 g/mol. The molecule has 3 rings (SSSR count). The largest absolute Gasteiger partial charge is 0.398 e. The van der Waals surface area contributed by atoms with Crippen LogP contribution in [0.4, 0.5) is 5.69 Å². The van der Waals surface area contributed by atoms with Gasteiger partial charge in [-0.3, -0.25) is 4.98 Å². The average Bonchev–Trinajstić information content (AvgIpc) is 2.96. The second-order valence-corrected chi connectivity index (χ2v) is 5.34. The summed E-state index contributed by atoms with van der Waals surface area (Å²) < 4.78 is 0. The van der Waals surface area contributed by atoms with Gasteiger partial charge in [0.1, 0.15) is 0 Å². The highest BCUT2D eigenvalue weighted by Gasteiger charge is 2.17. The van der Waals surface area contributed by atoms with Crippen LogP contribution >= 0.6 is 0 Å². The number of nitrogen functional groups attached to an aromatic ring is 1. The molecule has 1 radical (unpaired) electrons. The molecule has 1 atom stereocenters. The summed E-state index contributed by atoms with van der Waals surface area (Å²) in [6.07, 6.45) is 5.09. The van der Waals surface area contributed by atoms with Gasteiger partial charge in [-0.25, -0.2) is 0 Å². The smallest absolute Gasteiger partial charge is 0.176 e. The number of rotatable bonds is 3. The van der Waals surface area contributed by atoms with E-state index < -0.39 is 0 Å². The lowest BCUT2D eigenvalue weighted by Gasteiger charge is -2.14. The number of nitrogens with zero attached hydrogens (tertiary/aromatic N) is 1. The maximum Gasteiger partial charge on any atom is 0.176 e. The summed E-state index contributed by atoms with van der Waals surface area (Å²) in [6.45, 7) is 4.50. The number of hydrogen-bond acceptors (Lipinski definition) is 2. The van der Waals surface area contributed by atoms with Crippen LogP contribution in [0.15, 0.2) is 48.0 Å². The van der Waals surface area contributed by atoms with E-state index in [1.807, 2.05) is 6.07 Å². The lowest BCUT2D eigenvalue weighted by molar-refractivity contribution is 0.686. The van der Waals surface area contributed by atoms with Gasteiger partial charge in [0.15, 0.2) is 7.28 Å². The molecule has 2 aromatic rings. The molecular weight excluding hydrogens is 243 g/mol. The first-order valence-electron chi connectivity index (χ1n) is 7.11. The molecule has 1 aromatic heterocycles. The van der Waals surface area contributed by atoms with Crippen molar-refractivity contribution in [2.45, 2.75) is 20.3 Å². The Morgan fingerprint density at radius 2 is 2.15 bits per heavy atom. The topological polar surface area (TPSA) is 38.9 Å². The minimum Gasteiger partial charge on any atom is -0.398 e. The van der Waals surface area contributed by atoms with Crippen molar-refractivity contribution < 1.29 is 0 Å². The molecule has 1 unspecified atom stereocenters. The molecule has 0 bridgehead atoms. The molecule has 3 heteroatoms. The van der Waals surface area contributed by atoms with E-state index >= 15 is 0 Å². The van der Waals surface area contributed by atoms with E-state index in [1.165, 1.54) is 16.6 Å². The summed E-state index contributed by atoms with van der Waals surface area (Å²) in [7, 11) is 2.22. The number of allylic oxidation sites excluding steroid dienone is 3. The normalized spacial score (nSPS) is 15.7. The summed E-state index contributed by atoms with van der Waals surface area (Å²) >= 11 is 0. The van der Waals surface area contributed by atoms with Crippen molar-refractivity contribution in [3.63, 3.8) is 0 Å². The lowest BCUT2D eigenvalue weighted by Crippen LogP contribution is -2.03. The van der Waals surface area contributed by atoms with Crippen molar-refractivity contribution in [3.8, 4) is 0 Å². The van der Waals surface area contributed by atoms with Gasteiger partial charge in [-0.15, -0.1) is 5.98 Å². The minimum absolute atomic E-state index is 0.571. The molecule has 1 aliphatic rings. The standard InChI is InChI=1S/C17H18BN2/c1-3-11(2)17-13(6-8-18-17)12-4-5-16-14(10-12)15(19)7-9-20-16/h4-11H,3H2,1-2H3,(H2,19,20). The first-order valence-corrected chi connectivity index (χ1v) is 7.11. The molecule has 0 fully saturated rings. The second kappa shape index (κ2) is 5.16. The Kier molecular flexibility index (Phi) is 3.35. The molecule has 2 nitrogen and oxygen atoms in total. The number of fused-ring (bicyclic) bond motifs is 1. The Bertz CT molecular complexity index is 716. The van der Waals surface area contributed by atoms with Crippen LogP contribution in [0.2, 0.25) is 0 Å². The SMILES string of the molecule is CCC(C)C1=C(c2ccc3nccc(N)c3c2)C=C[B]1. The third kappa shape index (κ3) is 2.13. The molecule has 20 heavy (non-hydrogen) atoms. The molecule has 0 saturated carbocycles. The third-order valence-corrected chi connectivity index (χ3v) is 4.08. The molecule has 0 aliphatic carbocycles. The maximum absolute atomic E-state index is 6.06. The number of aromatic nitrogens is 1. The van der Waals surface area contributed by atoms with Gasteiger partial charge in [0.25, 0.3) is 0 Å². The Hall–Kier alpha value is -2.03. The van der Waals surface area contributed by atoms with Crippen LogP contribution in [-0.4, -0.2) is 12.3 Å². The quantitative estimate of drug-likeness (QED) is 0.853. The Balaban J connectivity index is 2.14. The van der Waals surface area contributed by atoms with Crippen molar-refractivity contribution >= 4 is 29.4 Å². The predicted octanol–water partition coefficient (Wildman–Crippen LogP) is 3.81. The summed E-state index contributed by atoms with van der Waals surface area (Å²) in [6, 6.07) is 8.19. The second-order valence-electron chi connectivity index (χ2n) is 5.34. The van der Waals surface area contributed by atoms with Crippen molar-refractivity contribution in [1.82, 2.24) is 4.98 Å². The molecule has 1 aromatic carbocycles. The Morgan fingerprint density at radius 1 is 1.30 bits per heavy atom. The molecular formula is C17H18BN2. The van der Waals surface area contributed by atoms with E-state index in [0.717, 1.165) is 23.0 Å². The van der Waals surface area contributed by atoms with Crippen molar-refractivity contribution in [3.05, 3.63) is 53.5 Å². The fraction of sp³-hybridized carbons (Fsp3) is 0.235. The third-order valence-electron chi connectivity index (χ3n) is 4.08. The van der Waals surface area contributed by atoms with Gasteiger partial charge in [0.05, 0.1) is 5.52 Å². The molecule has 0 saturated heterocycles. The number of hydrogen-bond donors (Lipinski definition) is 1. The Labute approximate surface area is 120 Å². The van der Waals surface area contributed by atoms with Crippen LogP contribution in [-0.2, 0) is 0 Å². The number of nitrogens with two attached hydrogens (primary N) is 1. The fourth-order valence-electron chi connectivity index (χ4n) is 2.68. The van der Waals surface area contributed by atoms with E-state index in [9.17, 15) is 0 Å². The molecule has 99 valence electrons. The summed E-state index contributed by atoms with van der Waals surface area (Å²) in [5.74, 6) is 2.70. The maximum atomic E-state index is 6.06. The minimum atomic E-state index is 0.571. The highest BCUT2D eigenvalue weighted by atomic mass is 14.7. The molecule has 0 spiro atoms. The zero-order valence-electron chi connectivity index (χ0n) is 11.9. The van der Waals surface area contributed by atoms with E-state index in [4.69, 9.17) is 5.73 Å². The van der Waals surface area contributed by atoms with E-state index in [2.05, 4.69) is 56.4 Å². The van der Waals surface area contributed by atoms with Crippen LogP contribution in [0.5, 0.6) is 0 Å². The summed E-state index contributed by atoms with van der Waals surface area (Å²) in [5.41, 5.74) is 11.7. The number of anilines is 1. The van der Waals surface area contributed by atoms with Crippen molar-refractivity contribution in [2.24, 2.45) is 5.92 Å². The van der Waals surface area contributed by atoms with E-state index in [-0.39, 0.29) is 0 Å². The van der Waals surface area contributed by atoms with Crippen LogP contribution in [0.1, 0.15) is 25.8 Å². The summed E-state index contributed by atoms with van der Waals surface area (Å²) in [4.78, 5) is 4.36. The van der Waals surface area contributed by atoms with Crippen molar-refractivity contribution in [1.29, 1.82) is 0 Å². The van der Waals surface area contributed by atoms with Gasteiger partial charge in [0.2, 0.25) is 0 Å². The lowest BCUT2D eigenvalue weighted by atomic mass is 9.66. The molecule has 1 aliphatic heterocycles. The van der Waals surface area contributed by atoms with Gasteiger partial charge < -0.3 is 5.73 Å². The zero-order valence-corrected chi connectivity index (χ0v) is 11.9. The first kappa shape index (κ1) is 13.0. The number of benzene rings is 1. The van der Waals surface area contributed by atoms with Crippen LogP contribution < -0.4 is 5.73 Å². The van der Waals surface area contributed by atoms with Crippen LogP contribution in [0.3, 0.4) is 0 Å². The van der Waals surface area contributed by atoms with Gasteiger partial charge in [-0.2, -0.15) is 0 Å². The average molecular weight is 261 g/mol. The molecule has 2 heterocycles. The van der Waals surface area contributed by atoms with Gasteiger partial charge in [-0.1, -0.05) is 37.9 Å². The van der Waals surface area contributed by atoms with Crippen LogP contribution in [0, 0.1) is 5.92 Å². The Morgan fingerprint density at radius 3 is 2.95 bits per heavy atom. The van der Waals surface area contributed by atoms with Crippen molar-refractivity contribution in [2.75, 3.05) is 5.73 Å². The number of pyridine rings is 1. The first-order chi connectivity index (χ1) is 9.70. The molecule has 2 N–H and O–H groups in total. The highest BCUT2D eigenvalue weighted by Crippen LogP contribution is 2.32. The van der Waals surface area contributed by atoms with E-state index in [0.29, 0.717) is 5.92 Å². The fourth-order valence-corrected chi connectivity index (χ4v) is 2.68.